The number of aromatic nitrogens is 2. The smallest absolute Gasteiger partial charge is 0.301 e. The Morgan fingerprint density at radius 1 is 1.21 bits per heavy atom. The summed E-state index contributed by atoms with van der Waals surface area (Å²) in [6.45, 7) is 0. The van der Waals surface area contributed by atoms with Gasteiger partial charge in [-0.1, -0.05) is 48.0 Å². The minimum atomic E-state index is -0.677. The van der Waals surface area contributed by atoms with Gasteiger partial charge in [0.15, 0.2) is 0 Å². The standard InChI is InChI=1S/C18H12ClN5O4/c19-13-7-6-11(8-16(13)24(27)28)10-20-23-17(25)15-9-14(21-18(26)22-15)12-4-2-1-3-5-12/h1-10H,(H,23,25)(H,21,22,26)/b20-10+. The van der Waals surface area contributed by atoms with E-state index in [-0.39, 0.29) is 16.4 Å². The topological polar surface area (TPSA) is 130 Å². The van der Waals surface area contributed by atoms with E-state index in [9.17, 15) is 19.7 Å². The van der Waals surface area contributed by atoms with Crippen LogP contribution in [0.4, 0.5) is 5.69 Å². The number of hydrogen-bond acceptors (Lipinski definition) is 6. The molecule has 0 radical (unpaired) electrons. The maximum absolute atomic E-state index is 12.2. The van der Waals surface area contributed by atoms with Crippen LogP contribution in [0.1, 0.15) is 16.1 Å². The molecule has 0 aliphatic carbocycles. The normalized spacial score (nSPS) is 10.8. The molecule has 0 bridgehead atoms. The third-order valence-corrected chi connectivity index (χ3v) is 3.93. The van der Waals surface area contributed by atoms with Gasteiger partial charge in [-0.3, -0.25) is 14.9 Å². The Balaban J connectivity index is 1.78. The van der Waals surface area contributed by atoms with Gasteiger partial charge in [-0.25, -0.2) is 10.2 Å². The third kappa shape index (κ3) is 4.46. The maximum atomic E-state index is 12.2. The molecule has 140 valence electrons. The molecule has 0 aliphatic heterocycles. The number of carbonyl (C=O) groups excluding carboxylic acids is 1. The maximum Gasteiger partial charge on any atom is 0.346 e. The van der Waals surface area contributed by atoms with Crippen molar-refractivity contribution in [2.75, 3.05) is 0 Å². The lowest BCUT2D eigenvalue weighted by atomic mass is 10.1. The average Bonchev–Trinajstić information content (AvgIpc) is 2.69. The zero-order valence-electron chi connectivity index (χ0n) is 14.1. The highest BCUT2D eigenvalue weighted by atomic mass is 35.5. The molecule has 1 amide bonds. The van der Waals surface area contributed by atoms with Gasteiger partial charge in [0.1, 0.15) is 10.7 Å². The van der Waals surface area contributed by atoms with Crippen molar-refractivity contribution < 1.29 is 9.72 Å². The van der Waals surface area contributed by atoms with Gasteiger partial charge < -0.3 is 4.98 Å². The molecule has 0 saturated carbocycles. The van der Waals surface area contributed by atoms with Crippen LogP contribution in [0.25, 0.3) is 11.3 Å². The van der Waals surface area contributed by atoms with Gasteiger partial charge in [0, 0.05) is 17.2 Å². The van der Waals surface area contributed by atoms with E-state index in [2.05, 4.69) is 20.5 Å². The summed E-state index contributed by atoms with van der Waals surface area (Å²) in [7, 11) is 0. The van der Waals surface area contributed by atoms with Gasteiger partial charge in [0.25, 0.3) is 11.6 Å². The quantitative estimate of drug-likeness (QED) is 0.388. The molecule has 0 saturated heterocycles. The molecule has 0 spiro atoms. The molecule has 2 aromatic carbocycles. The number of aromatic amines is 1. The zero-order chi connectivity index (χ0) is 20.1. The van der Waals surface area contributed by atoms with Crippen LogP contribution in [0.2, 0.25) is 5.02 Å². The number of nitro groups is 1. The molecule has 0 fully saturated rings. The fraction of sp³-hybridized carbons (Fsp3) is 0. The molecule has 10 heteroatoms. The summed E-state index contributed by atoms with van der Waals surface area (Å²) in [6.07, 6.45) is 1.22. The summed E-state index contributed by atoms with van der Waals surface area (Å²) in [5.74, 6) is -0.670. The number of nitrogens with one attached hydrogen (secondary N) is 2. The number of hydrogen-bond donors (Lipinski definition) is 2. The number of nitrogens with zero attached hydrogens (tertiary/aromatic N) is 3. The highest BCUT2D eigenvalue weighted by Gasteiger charge is 2.12. The summed E-state index contributed by atoms with van der Waals surface area (Å²) < 4.78 is 0. The van der Waals surface area contributed by atoms with Gasteiger partial charge >= 0.3 is 5.69 Å². The van der Waals surface area contributed by atoms with Crippen LogP contribution in [-0.2, 0) is 0 Å². The van der Waals surface area contributed by atoms with E-state index in [0.29, 0.717) is 16.8 Å². The zero-order valence-corrected chi connectivity index (χ0v) is 14.9. The Kier molecular flexibility index (Phi) is 5.56. The minimum Gasteiger partial charge on any atom is -0.301 e. The van der Waals surface area contributed by atoms with Crippen LogP contribution >= 0.6 is 11.6 Å². The molecule has 1 aromatic heterocycles. The molecule has 9 nitrogen and oxygen atoms in total. The highest BCUT2D eigenvalue weighted by Crippen LogP contribution is 2.24. The van der Waals surface area contributed by atoms with Gasteiger partial charge in [-0.2, -0.15) is 10.1 Å². The van der Waals surface area contributed by atoms with Crippen molar-refractivity contribution in [2.24, 2.45) is 5.10 Å². The van der Waals surface area contributed by atoms with E-state index >= 15 is 0 Å². The largest absolute Gasteiger partial charge is 0.346 e. The Morgan fingerprint density at radius 3 is 2.68 bits per heavy atom. The van der Waals surface area contributed by atoms with Gasteiger partial charge in [0.05, 0.1) is 16.8 Å². The molecule has 1 heterocycles. The van der Waals surface area contributed by atoms with Crippen molar-refractivity contribution in [1.29, 1.82) is 0 Å². The van der Waals surface area contributed by atoms with Crippen LogP contribution in [0, 0.1) is 10.1 Å². The predicted molar refractivity (Wildman–Crippen MR) is 103 cm³/mol. The number of benzene rings is 2. The van der Waals surface area contributed by atoms with E-state index in [1.54, 1.807) is 24.3 Å². The highest BCUT2D eigenvalue weighted by molar-refractivity contribution is 6.32. The Hall–Kier alpha value is -3.85. The number of H-pyrrole nitrogens is 1. The molecule has 2 N–H and O–H groups in total. The van der Waals surface area contributed by atoms with Crippen LogP contribution in [0.3, 0.4) is 0 Å². The number of hydrazone groups is 1. The summed E-state index contributed by atoms with van der Waals surface area (Å²) in [4.78, 5) is 40.5. The van der Waals surface area contributed by atoms with Crippen molar-refractivity contribution in [3.8, 4) is 11.3 Å². The van der Waals surface area contributed by atoms with Crippen LogP contribution < -0.4 is 11.1 Å². The third-order valence-electron chi connectivity index (χ3n) is 3.61. The average molecular weight is 398 g/mol. The lowest BCUT2D eigenvalue weighted by Gasteiger charge is -2.03. The number of nitro benzene ring substituents is 1. The summed E-state index contributed by atoms with van der Waals surface area (Å²) >= 11 is 5.74. The van der Waals surface area contributed by atoms with Crippen molar-refractivity contribution >= 4 is 29.4 Å². The van der Waals surface area contributed by atoms with Gasteiger partial charge in [-0.05, 0) is 12.1 Å². The Bertz CT molecular complexity index is 1130. The van der Waals surface area contributed by atoms with Crippen LogP contribution in [0.15, 0.2) is 64.5 Å². The fourth-order valence-corrected chi connectivity index (χ4v) is 2.50. The summed E-state index contributed by atoms with van der Waals surface area (Å²) in [6, 6.07) is 14.4. The molecule has 28 heavy (non-hydrogen) atoms. The number of carbonyl (C=O) groups is 1. The monoisotopic (exact) mass is 397 g/mol. The first-order valence-corrected chi connectivity index (χ1v) is 8.26. The minimum absolute atomic E-state index is 0.00557. The van der Waals surface area contributed by atoms with Gasteiger partial charge in [0.2, 0.25) is 0 Å². The van der Waals surface area contributed by atoms with E-state index in [4.69, 9.17) is 11.6 Å². The Morgan fingerprint density at radius 2 is 1.96 bits per heavy atom. The Labute approximate surface area is 162 Å². The number of amides is 1. The van der Waals surface area contributed by atoms with Crippen molar-refractivity contribution in [2.45, 2.75) is 0 Å². The first kappa shape index (κ1) is 18.9. The molecule has 0 aliphatic rings. The lowest BCUT2D eigenvalue weighted by molar-refractivity contribution is -0.384. The second kappa shape index (κ2) is 8.23. The second-order valence-electron chi connectivity index (χ2n) is 5.52. The van der Waals surface area contributed by atoms with Gasteiger partial charge in [-0.15, -0.1) is 0 Å². The second-order valence-corrected chi connectivity index (χ2v) is 5.93. The van der Waals surface area contributed by atoms with Crippen molar-refractivity contribution in [3.05, 3.63) is 91.5 Å². The van der Waals surface area contributed by atoms with E-state index in [1.165, 1.54) is 30.5 Å². The lowest BCUT2D eigenvalue weighted by Crippen LogP contribution is -2.24. The van der Waals surface area contributed by atoms with Crippen LogP contribution in [0.5, 0.6) is 0 Å². The first-order chi connectivity index (χ1) is 13.4. The molecule has 3 aromatic rings. The van der Waals surface area contributed by atoms with E-state index in [1.807, 2.05) is 6.07 Å². The van der Waals surface area contributed by atoms with Crippen molar-refractivity contribution in [1.82, 2.24) is 15.4 Å². The number of halogens is 1. The number of rotatable bonds is 5. The summed E-state index contributed by atoms with van der Waals surface area (Å²) in [5, 5.41) is 14.6. The SMILES string of the molecule is O=C(N/N=C/c1ccc(Cl)c([N+](=O)[O-])c1)c1cc(-c2ccccc2)nc(=O)[nH]1. The van der Waals surface area contributed by atoms with Crippen molar-refractivity contribution in [3.63, 3.8) is 0 Å². The molecular weight excluding hydrogens is 386 g/mol. The predicted octanol–water partition coefficient (Wildman–Crippen LogP) is 2.76. The fourth-order valence-electron chi connectivity index (χ4n) is 2.31. The molecular formula is C18H12ClN5O4. The van der Waals surface area contributed by atoms with E-state index < -0.39 is 16.5 Å². The summed E-state index contributed by atoms with van der Waals surface area (Å²) in [5.41, 5.74) is 2.65. The molecule has 0 unspecified atom stereocenters. The first-order valence-electron chi connectivity index (χ1n) is 7.88. The molecule has 0 atom stereocenters. The van der Waals surface area contributed by atoms with Crippen LogP contribution in [-0.4, -0.2) is 27.0 Å². The van der Waals surface area contributed by atoms with E-state index in [0.717, 1.165) is 0 Å². The molecule has 3 rings (SSSR count).